The molecule has 1 N–H and O–H groups in total. The highest BCUT2D eigenvalue weighted by atomic mass is 32.2. The van der Waals surface area contributed by atoms with Crippen LogP contribution in [-0.2, 0) is 23.9 Å². The molecular weight excluding hydrogens is 480 g/mol. The molecule has 0 bridgehead atoms. The van der Waals surface area contributed by atoms with Crippen LogP contribution in [0.1, 0.15) is 44.4 Å². The Labute approximate surface area is 214 Å². The van der Waals surface area contributed by atoms with E-state index in [9.17, 15) is 19.2 Å². The fraction of sp³-hybridized carbons (Fsp3) is 0.333. The molecule has 1 saturated heterocycles. The molecule has 0 saturated carbocycles. The standard InChI is InChI=1S/C27H28N2O6S/c1-27(2,3)35-26(33)28-20-23(31)29-21(19(14-15-30)16-36-24(20)29)25(32)34-22(17-10-6-4-7-11-17)18-12-8-5-9-13-18/h4-13,15,20,22,24H,14,16H2,1-3H3,(H,28,33)/t20-,24-/m1/s1. The second-order valence-electron chi connectivity index (χ2n) is 9.46. The third kappa shape index (κ3) is 5.46. The lowest BCUT2D eigenvalue weighted by molar-refractivity contribution is -0.153. The molecular formula is C27H28N2O6S. The number of β-lactam (4-membered cyclic amide) rings is 1. The minimum atomic E-state index is -0.843. The molecule has 4 rings (SSSR count). The Bertz CT molecular complexity index is 1140. The van der Waals surface area contributed by atoms with Crippen LogP contribution in [0.2, 0.25) is 0 Å². The van der Waals surface area contributed by atoms with Crippen molar-refractivity contribution in [3.63, 3.8) is 0 Å². The number of alkyl carbamates (subject to hydrolysis) is 1. The van der Waals surface area contributed by atoms with E-state index in [1.165, 1.54) is 16.7 Å². The summed E-state index contributed by atoms with van der Waals surface area (Å²) < 4.78 is 11.3. The summed E-state index contributed by atoms with van der Waals surface area (Å²) in [6.07, 6.45) is -0.707. The molecule has 1 fully saturated rings. The van der Waals surface area contributed by atoms with Gasteiger partial charge in [0.05, 0.1) is 0 Å². The summed E-state index contributed by atoms with van der Waals surface area (Å²) in [5, 5.41) is 2.10. The maximum Gasteiger partial charge on any atom is 0.408 e. The zero-order valence-corrected chi connectivity index (χ0v) is 21.1. The van der Waals surface area contributed by atoms with Gasteiger partial charge in [-0.25, -0.2) is 9.59 Å². The highest BCUT2D eigenvalue weighted by Crippen LogP contribution is 2.42. The molecule has 0 aliphatic carbocycles. The third-order valence-electron chi connectivity index (χ3n) is 5.67. The highest BCUT2D eigenvalue weighted by molar-refractivity contribution is 8.00. The number of nitrogens with one attached hydrogen (secondary N) is 1. The van der Waals surface area contributed by atoms with Crippen molar-refractivity contribution >= 4 is 36.0 Å². The summed E-state index contributed by atoms with van der Waals surface area (Å²) in [5.74, 6) is -0.797. The van der Waals surface area contributed by atoms with Crippen molar-refractivity contribution < 1.29 is 28.7 Å². The number of amides is 2. The Hall–Kier alpha value is -3.59. The van der Waals surface area contributed by atoms with Gasteiger partial charge >= 0.3 is 12.1 Å². The van der Waals surface area contributed by atoms with Gasteiger partial charge in [-0.05, 0) is 37.5 Å². The van der Waals surface area contributed by atoms with Crippen molar-refractivity contribution in [1.82, 2.24) is 10.2 Å². The van der Waals surface area contributed by atoms with E-state index in [2.05, 4.69) is 5.32 Å². The molecule has 2 aromatic carbocycles. The van der Waals surface area contributed by atoms with Crippen LogP contribution in [-0.4, -0.2) is 51.9 Å². The highest BCUT2D eigenvalue weighted by Gasteiger charge is 2.55. The van der Waals surface area contributed by atoms with E-state index >= 15 is 0 Å². The van der Waals surface area contributed by atoms with Gasteiger partial charge in [0.25, 0.3) is 5.91 Å². The van der Waals surface area contributed by atoms with Crippen LogP contribution in [0.15, 0.2) is 71.9 Å². The first kappa shape index (κ1) is 25.5. The van der Waals surface area contributed by atoms with Gasteiger partial charge in [-0.1, -0.05) is 60.7 Å². The van der Waals surface area contributed by atoms with Crippen LogP contribution in [0.4, 0.5) is 4.79 Å². The van der Waals surface area contributed by atoms with Crippen molar-refractivity contribution in [2.24, 2.45) is 0 Å². The number of benzene rings is 2. The largest absolute Gasteiger partial charge is 0.448 e. The maximum absolute atomic E-state index is 13.6. The quantitative estimate of drug-likeness (QED) is 0.343. The number of nitrogens with zero attached hydrogens (tertiary/aromatic N) is 1. The topological polar surface area (TPSA) is 102 Å². The first-order valence-electron chi connectivity index (χ1n) is 11.6. The first-order chi connectivity index (χ1) is 17.2. The maximum atomic E-state index is 13.6. The van der Waals surface area contributed by atoms with Crippen LogP contribution < -0.4 is 5.32 Å². The molecule has 9 heteroatoms. The minimum Gasteiger partial charge on any atom is -0.448 e. The summed E-state index contributed by atoms with van der Waals surface area (Å²) in [7, 11) is 0. The summed E-state index contributed by atoms with van der Waals surface area (Å²) in [4.78, 5) is 51.6. The zero-order chi connectivity index (χ0) is 25.9. The zero-order valence-electron chi connectivity index (χ0n) is 20.3. The van der Waals surface area contributed by atoms with Gasteiger partial charge in [0.15, 0.2) is 6.10 Å². The summed E-state index contributed by atoms with van der Waals surface area (Å²) in [6, 6.07) is 17.8. The van der Waals surface area contributed by atoms with Crippen LogP contribution in [0.3, 0.4) is 0 Å². The Balaban J connectivity index is 1.59. The lowest BCUT2D eigenvalue weighted by Crippen LogP contribution is -2.70. The van der Waals surface area contributed by atoms with Gasteiger partial charge in [0.2, 0.25) is 0 Å². The van der Waals surface area contributed by atoms with E-state index in [0.717, 1.165) is 11.1 Å². The van der Waals surface area contributed by atoms with Gasteiger partial charge < -0.3 is 19.6 Å². The van der Waals surface area contributed by atoms with Crippen molar-refractivity contribution in [3.05, 3.63) is 83.1 Å². The average molecular weight is 509 g/mol. The number of rotatable bonds is 7. The molecule has 2 aliphatic heterocycles. The Kier molecular flexibility index (Phi) is 7.49. The van der Waals surface area contributed by atoms with Gasteiger partial charge in [0, 0.05) is 12.2 Å². The number of fused-ring (bicyclic) bond motifs is 1. The lowest BCUT2D eigenvalue weighted by atomic mass is 10.00. The number of thioether (sulfide) groups is 1. The second-order valence-corrected chi connectivity index (χ2v) is 10.6. The Morgan fingerprint density at radius 1 is 1.08 bits per heavy atom. The minimum absolute atomic E-state index is 0.000561. The summed E-state index contributed by atoms with van der Waals surface area (Å²) in [5.41, 5.74) is 1.41. The van der Waals surface area contributed by atoms with E-state index in [1.807, 2.05) is 60.7 Å². The SMILES string of the molecule is CC(C)(C)OC(=O)N[C@@H]1C(=O)N2C(C(=O)OC(c3ccccc3)c3ccccc3)=C(CC=O)CS[C@H]12. The molecule has 0 aromatic heterocycles. The fourth-order valence-corrected chi connectivity index (χ4v) is 5.47. The van der Waals surface area contributed by atoms with E-state index in [0.29, 0.717) is 17.6 Å². The molecule has 188 valence electrons. The van der Waals surface area contributed by atoms with Gasteiger partial charge in [-0.3, -0.25) is 9.69 Å². The smallest absolute Gasteiger partial charge is 0.408 e. The number of carbonyl (C=O) groups excluding carboxylic acids is 4. The van der Waals surface area contributed by atoms with Crippen LogP contribution in [0, 0.1) is 0 Å². The molecule has 0 spiro atoms. The van der Waals surface area contributed by atoms with Crippen LogP contribution in [0.5, 0.6) is 0 Å². The number of aldehydes is 1. The van der Waals surface area contributed by atoms with E-state index < -0.39 is 41.1 Å². The van der Waals surface area contributed by atoms with Gasteiger partial charge in [0.1, 0.15) is 29.0 Å². The number of hydrogen-bond acceptors (Lipinski definition) is 7. The predicted octanol–water partition coefficient (Wildman–Crippen LogP) is 3.97. The predicted molar refractivity (Wildman–Crippen MR) is 135 cm³/mol. The van der Waals surface area contributed by atoms with Gasteiger partial charge in [-0.2, -0.15) is 0 Å². The molecule has 8 nitrogen and oxygen atoms in total. The summed E-state index contributed by atoms with van der Waals surface area (Å²) >= 11 is 1.38. The molecule has 0 radical (unpaired) electrons. The average Bonchev–Trinajstić information content (AvgIpc) is 2.85. The van der Waals surface area contributed by atoms with Crippen LogP contribution in [0.25, 0.3) is 0 Å². The number of hydrogen-bond donors (Lipinski definition) is 1. The van der Waals surface area contributed by atoms with Crippen molar-refractivity contribution in [3.8, 4) is 0 Å². The lowest BCUT2D eigenvalue weighted by Gasteiger charge is -2.49. The molecule has 2 amide bonds. The summed E-state index contributed by atoms with van der Waals surface area (Å²) in [6.45, 7) is 5.19. The Morgan fingerprint density at radius 3 is 2.19 bits per heavy atom. The number of ether oxygens (including phenoxy) is 2. The molecule has 2 aromatic rings. The van der Waals surface area contributed by atoms with Crippen molar-refractivity contribution in [2.75, 3.05) is 5.75 Å². The normalized spacial score (nSPS) is 19.3. The fourth-order valence-electron chi connectivity index (χ4n) is 4.11. The number of esters is 1. The molecule has 2 atom stereocenters. The van der Waals surface area contributed by atoms with Crippen LogP contribution >= 0.6 is 11.8 Å². The van der Waals surface area contributed by atoms with Gasteiger partial charge in [-0.15, -0.1) is 11.8 Å². The molecule has 0 unspecified atom stereocenters. The van der Waals surface area contributed by atoms with E-state index in [-0.39, 0.29) is 12.1 Å². The van der Waals surface area contributed by atoms with Crippen molar-refractivity contribution in [1.29, 1.82) is 0 Å². The molecule has 2 aliphatic rings. The molecule has 2 heterocycles. The van der Waals surface area contributed by atoms with Crippen molar-refractivity contribution in [2.45, 2.75) is 50.3 Å². The third-order valence-corrected chi connectivity index (χ3v) is 7.01. The number of carbonyl (C=O) groups is 4. The first-order valence-corrected chi connectivity index (χ1v) is 12.6. The van der Waals surface area contributed by atoms with E-state index in [4.69, 9.17) is 9.47 Å². The monoisotopic (exact) mass is 508 g/mol. The Morgan fingerprint density at radius 2 is 1.67 bits per heavy atom. The van der Waals surface area contributed by atoms with E-state index in [1.54, 1.807) is 20.8 Å². The molecule has 36 heavy (non-hydrogen) atoms. The second kappa shape index (κ2) is 10.6.